The molecule has 0 radical (unpaired) electrons. The summed E-state index contributed by atoms with van der Waals surface area (Å²) in [6.07, 6.45) is 5.67. The summed E-state index contributed by atoms with van der Waals surface area (Å²) in [4.78, 5) is 29.3. The molecule has 0 unspecified atom stereocenters. The molecule has 1 aromatic carbocycles. The Hall–Kier alpha value is -3.02. The van der Waals surface area contributed by atoms with E-state index in [4.69, 9.17) is 0 Å². The SMILES string of the molecule is C=CCN(CC(=O)N(Cc1cccn1C)C1CC1)C(=O)Nc1ccc(C)cc1C. The molecular formula is C23H30N4O2. The molecule has 1 N–H and O–H groups in total. The number of aromatic nitrogens is 1. The van der Waals surface area contributed by atoms with E-state index in [1.165, 1.54) is 4.90 Å². The van der Waals surface area contributed by atoms with E-state index in [9.17, 15) is 9.59 Å². The molecule has 1 aliphatic carbocycles. The van der Waals surface area contributed by atoms with Crippen LogP contribution in [0.2, 0.25) is 0 Å². The zero-order chi connectivity index (χ0) is 21.0. The molecule has 1 saturated carbocycles. The smallest absolute Gasteiger partial charge is 0.322 e. The minimum Gasteiger partial charge on any atom is -0.353 e. The van der Waals surface area contributed by atoms with Crippen LogP contribution in [-0.2, 0) is 18.4 Å². The monoisotopic (exact) mass is 394 g/mol. The van der Waals surface area contributed by atoms with Crippen molar-refractivity contribution in [1.29, 1.82) is 0 Å². The predicted molar refractivity (Wildman–Crippen MR) is 116 cm³/mol. The van der Waals surface area contributed by atoms with Gasteiger partial charge in [0.2, 0.25) is 5.91 Å². The lowest BCUT2D eigenvalue weighted by molar-refractivity contribution is -0.133. The van der Waals surface area contributed by atoms with Crippen molar-refractivity contribution in [2.24, 2.45) is 7.05 Å². The van der Waals surface area contributed by atoms with Gasteiger partial charge in [0, 0.05) is 37.2 Å². The molecule has 0 saturated heterocycles. The van der Waals surface area contributed by atoms with Gasteiger partial charge in [-0.05, 0) is 50.5 Å². The lowest BCUT2D eigenvalue weighted by Gasteiger charge is -2.27. The first kappa shape index (κ1) is 20.7. The molecule has 2 aromatic rings. The lowest BCUT2D eigenvalue weighted by Crippen LogP contribution is -2.45. The van der Waals surface area contributed by atoms with Gasteiger partial charge in [0.05, 0.1) is 6.54 Å². The second kappa shape index (κ2) is 8.99. The maximum atomic E-state index is 13.1. The summed E-state index contributed by atoms with van der Waals surface area (Å²) in [5.41, 5.74) is 3.97. The highest BCUT2D eigenvalue weighted by Gasteiger charge is 2.34. The van der Waals surface area contributed by atoms with Crippen molar-refractivity contribution in [2.75, 3.05) is 18.4 Å². The molecule has 0 aliphatic heterocycles. The van der Waals surface area contributed by atoms with Gasteiger partial charge in [0.25, 0.3) is 0 Å². The zero-order valence-electron chi connectivity index (χ0n) is 17.5. The van der Waals surface area contributed by atoms with Crippen LogP contribution < -0.4 is 5.32 Å². The molecule has 6 heteroatoms. The molecule has 154 valence electrons. The van der Waals surface area contributed by atoms with Crippen molar-refractivity contribution >= 4 is 17.6 Å². The molecule has 3 amide bonds. The highest BCUT2D eigenvalue weighted by atomic mass is 16.2. The van der Waals surface area contributed by atoms with Gasteiger partial charge in [0.1, 0.15) is 6.54 Å². The van der Waals surface area contributed by atoms with Crippen LogP contribution in [0.25, 0.3) is 0 Å². The van der Waals surface area contributed by atoms with Crippen molar-refractivity contribution in [3.63, 3.8) is 0 Å². The first-order chi connectivity index (χ1) is 13.9. The summed E-state index contributed by atoms with van der Waals surface area (Å²) in [6.45, 7) is 8.62. The molecule has 1 aliphatic rings. The molecule has 6 nitrogen and oxygen atoms in total. The van der Waals surface area contributed by atoms with E-state index in [0.717, 1.165) is 35.3 Å². The molecule has 1 heterocycles. The van der Waals surface area contributed by atoms with E-state index in [1.807, 2.05) is 66.9 Å². The standard InChI is InChI=1S/C23H30N4O2/c1-5-12-26(23(29)24-21-11-8-17(2)14-18(21)3)16-22(28)27(19-9-10-19)15-20-7-6-13-25(20)4/h5-8,11,13-14,19H,1,9-10,12,15-16H2,2-4H3,(H,24,29). The number of rotatable bonds is 8. The van der Waals surface area contributed by atoms with Crippen LogP contribution in [-0.4, -0.2) is 45.4 Å². The van der Waals surface area contributed by atoms with Crippen molar-refractivity contribution in [3.05, 3.63) is 66.0 Å². The summed E-state index contributed by atoms with van der Waals surface area (Å²) in [5.74, 6) is -0.0358. The minimum atomic E-state index is -0.292. The number of amides is 3. The van der Waals surface area contributed by atoms with Crippen molar-refractivity contribution in [1.82, 2.24) is 14.4 Å². The largest absolute Gasteiger partial charge is 0.353 e. The second-order valence-corrected chi connectivity index (χ2v) is 7.78. The van der Waals surface area contributed by atoms with Gasteiger partial charge in [-0.3, -0.25) is 4.79 Å². The Morgan fingerprint density at radius 1 is 1.28 bits per heavy atom. The van der Waals surface area contributed by atoms with Crippen LogP contribution in [0, 0.1) is 13.8 Å². The molecule has 0 atom stereocenters. The third kappa shape index (κ3) is 5.28. The van der Waals surface area contributed by atoms with E-state index >= 15 is 0 Å². The molecule has 3 rings (SSSR count). The summed E-state index contributed by atoms with van der Waals surface area (Å²) in [6, 6.07) is 9.85. The van der Waals surface area contributed by atoms with Crippen molar-refractivity contribution < 1.29 is 9.59 Å². The Morgan fingerprint density at radius 2 is 2.03 bits per heavy atom. The molecule has 1 aromatic heterocycles. The summed E-state index contributed by atoms with van der Waals surface area (Å²) in [5, 5.41) is 2.93. The van der Waals surface area contributed by atoms with Crippen molar-refractivity contribution in [2.45, 2.75) is 39.3 Å². The predicted octanol–water partition coefficient (Wildman–Crippen LogP) is 3.85. The molecule has 0 spiro atoms. The average molecular weight is 395 g/mol. The minimum absolute atomic E-state index is 0.0314. The number of carbonyl (C=O) groups is 2. The number of carbonyl (C=O) groups excluding carboxylic acids is 2. The van der Waals surface area contributed by atoms with Gasteiger partial charge in [-0.25, -0.2) is 4.79 Å². The van der Waals surface area contributed by atoms with Gasteiger partial charge in [-0.1, -0.05) is 23.8 Å². The van der Waals surface area contributed by atoms with Crippen LogP contribution in [0.3, 0.4) is 0 Å². The fourth-order valence-corrected chi connectivity index (χ4v) is 3.42. The summed E-state index contributed by atoms with van der Waals surface area (Å²) in [7, 11) is 1.98. The van der Waals surface area contributed by atoms with Gasteiger partial charge in [-0.2, -0.15) is 0 Å². The van der Waals surface area contributed by atoms with E-state index < -0.39 is 0 Å². The topological polar surface area (TPSA) is 57.6 Å². The Bertz CT molecular complexity index is 898. The van der Waals surface area contributed by atoms with Crippen LogP contribution in [0.15, 0.2) is 49.2 Å². The Balaban J connectivity index is 1.69. The highest BCUT2D eigenvalue weighted by molar-refractivity contribution is 5.93. The second-order valence-electron chi connectivity index (χ2n) is 7.78. The van der Waals surface area contributed by atoms with Crippen LogP contribution in [0.1, 0.15) is 29.7 Å². The summed E-state index contributed by atoms with van der Waals surface area (Å²) >= 11 is 0. The first-order valence-corrected chi connectivity index (χ1v) is 10.0. The van der Waals surface area contributed by atoms with Gasteiger partial charge < -0.3 is 19.7 Å². The third-order valence-corrected chi connectivity index (χ3v) is 5.28. The fourth-order valence-electron chi connectivity index (χ4n) is 3.42. The van der Waals surface area contributed by atoms with E-state index in [2.05, 4.69) is 11.9 Å². The Kier molecular flexibility index (Phi) is 6.42. The highest BCUT2D eigenvalue weighted by Crippen LogP contribution is 2.28. The Labute approximate surface area is 172 Å². The van der Waals surface area contributed by atoms with Crippen LogP contribution >= 0.6 is 0 Å². The number of benzene rings is 1. The van der Waals surface area contributed by atoms with Crippen LogP contribution in [0.5, 0.6) is 0 Å². The van der Waals surface area contributed by atoms with E-state index in [0.29, 0.717) is 13.1 Å². The number of nitrogens with one attached hydrogen (secondary N) is 1. The van der Waals surface area contributed by atoms with Crippen LogP contribution in [0.4, 0.5) is 10.5 Å². The zero-order valence-corrected chi connectivity index (χ0v) is 17.5. The molecular weight excluding hydrogens is 364 g/mol. The van der Waals surface area contributed by atoms with Crippen molar-refractivity contribution in [3.8, 4) is 0 Å². The lowest BCUT2D eigenvalue weighted by atomic mass is 10.1. The fraction of sp³-hybridized carbons (Fsp3) is 0.391. The molecule has 1 fully saturated rings. The molecule has 0 bridgehead atoms. The number of anilines is 1. The normalized spacial score (nSPS) is 13.1. The number of hydrogen-bond donors (Lipinski definition) is 1. The van der Waals surface area contributed by atoms with E-state index in [1.54, 1.807) is 6.08 Å². The summed E-state index contributed by atoms with van der Waals surface area (Å²) < 4.78 is 2.02. The van der Waals surface area contributed by atoms with E-state index in [-0.39, 0.29) is 24.5 Å². The van der Waals surface area contributed by atoms with Gasteiger partial charge in [0.15, 0.2) is 0 Å². The maximum Gasteiger partial charge on any atom is 0.322 e. The maximum absolute atomic E-state index is 13.1. The van der Waals surface area contributed by atoms with Gasteiger partial charge >= 0.3 is 6.03 Å². The quantitative estimate of drug-likeness (QED) is 0.692. The molecule has 29 heavy (non-hydrogen) atoms. The Morgan fingerprint density at radius 3 is 2.62 bits per heavy atom. The van der Waals surface area contributed by atoms with Gasteiger partial charge in [-0.15, -0.1) is 6.58 Å². The third-order valence-electron chi connectivity index (χ3n) is 5.28. The number of aryl methyl sites for hydroxylation is 3. The number of urea groups is 1. The number of nitrogens with zero attached hydrogens (tertiary/aromatic N) is 3. The average Bonchev–Trinajstić information content (AvgIpc) is 3.43. The number of hydrogen-bond acceptors (Lipinski definition) is 2. The first-order valence-electron chi connectivity index (χ1n) is 10.0.